The molecule has 0 aliphatic rings. The molecule has 1 aromatic rings. The molecule has 0 bridgehead atoms. The highest BCUT2D eigenvalue weighted by molar-refractivity contribution is 6.30. The minimum absolute atomic E-state index is 0.567. The van der Waals surface area contributed by atoms with Crippen LogP contribution in [0.1, 0.15) is 15.9 Å². The van der Waals surface area contributed by atoms with Gasteiger partial charge in [0.2, 0.25) is 0 Å². The van der Waals surface area contributed by atoms with Gasteiger partial charge in [-0.25, -0.2) is 0 Å². The average Bonchev–Trinajstić information content (AvgIpc) is 2.04. The van der Waals surface area contributed by atoms with Crippen LogP contribution >= 0.6 is 11.6 Å². The summed E-state index contributed by atoms with van der Waals surface area (Å²) in [6.45, 7) is 3.57. The predicted octanol–water partition coefficient (Wildman–Crippen LogP) is 2.80. The highest BCUT2D eigenvalue weighted by Gasteiger charge is 1.97. The van der Waals surface area contributed by atoms with E-state index in [1.165, 1.54) is 0 Å². The summed E-state index contributed by atoms with van der Waals surface area (Å²) in [7, 11) is 0. The van der Waals surface area contributed by atoms with E-state index in [9.17, 15) is 4.79 Å². The largest absolute Gasteiger partial charge is 0.298 e. The number of halogens is 1. The van der Waals surface area contributed by atoms with Crippen LogP contribution in [-0.2, 0) is 0 Å². The molecule has 0 fully saturated rings. The van der Waals surface area contributed by atoms with E-state index in [2.05, 4.69) is 6.58 Å². The van der Waals surface area contributed by atoms with Crippen LogP contribution in [0, 0.1) is 0 Å². The Morgan fingerprint density at radius 2 is 2.09 bits per heavy atom. The van der Waals surface area contributed by atoms with E-state index in [1.54, 1.807) is 24.3 Å². The molecule has 0 unspecified atom stereocenters. The second kappa shape index (κ2) is 3.35. The van der Waals surface area contributed by atoms with Crippen LogP contribution < -0.4 is 0 Å². The first-order chi connectivity index (χ1) is 5.27. The van der Waals surface area contributed by atoms with Crippen LogP contribution in [0.5, 0.6) is 0 Å². The molecule has 0 aliphatic carbocycles. The molecule has 56 valence electrons. The second-order valence-corrected chi connectivity index (χ2v) is 2.53. The zero-order chi connectivity index (χ0) is 8.27. The Kier molecular flexibility index (Phi) is 2.44. The summed E-state index contributed by atoms with van der Waals surface area (Å²) in [5.41, 5.74) is 1.39. The Bertz CT molecular complexity index is 292. The average molecular weight is 167 g/mol. The van der Waals surface area contributed by atoms with E-state index < -0.39 is 0 Å². The molecular weight excluding hydrogens is 160 g/mol. The van der Waals surface area contributed by atoms with Crippen LogP contribution in [0.4, 0.5) is 0 Å². The molecule has 0 saturated heterocycles. The monoisotopic (exact) mass is 166 g/mol. The van der Waals surface area contributed by atoms with Gasteiger partial charge in [0.1, 0.15) is 0 Å². The van der Waals surface area contributed by atoms with E-state index >= 15 is 0 Å². The van der Waals surface area contributed by atoms with Gasteiger partial charge in [-0.15, -0.1) is 0 Å². The van der Waals surface area contributed by atoms with Crippen molar-refractivity contribution in [1.29, 1.82) is 0 Å². The number of aldehydes is 1. The fourth-order valence-electron chi connectivity index (χ4n) is 0.834. The first kappa shape index (κ1) is 8.02. The maximum Gasteiger partial charge on any atom is 0.150 e. The van der Waals surface area contributed by atoms with Crippen molar-refractivity contribution in [2.75, 3.05) is 0 Å². The van der Waals surface area contributed by atoms with Crippen molar-refractivity contribution in [3.8, 4) is 0 Å². The molecule has 0 amide bonds. The SMILES string of the molecule is C=Cc1ccc(Cl)cc1C=O. The Morgan fingerprint density at radius 3 is 2.64 bits per heavy atom. The summed E-state index contributed by atoms with van der Waals surface area (Å²) in [5, 5.41) is 0.567. The Balaban J connectivity index is 3.26. The summed E-state index contributed by atoms with van der Waals surface area (Å²) in [6.07, 6.45) is 2.39. The highest BCUT2D eigenvalue weighted by Crippen LogP contribution is 2.14. The lowest BCUT2D eigenvalue weighted by Gasteiger charge is -1.97. The van der Waals surface area contributed by atoms with Gasteiger partial charge in [0.15, 0.2) is 6.29 Å². The summed E-state index contributed by atoms with van der Waals surface area (Å²) in [4.78, 5) is 10.4. The van der Waals surface area contributed by atoms with Crippen molar-refractivity contribution in [1.82, 2.24) is 0 Å². The third-order valence-electron chi connectivity index (χ3n) is 1.40. The zero-order valence-corrected chi connectivity index (χ0v) is 6.64. The molecular formula is C9H7ClO. The molecule has 2 heteroatoms. The zero-order valence-electron chi connectivity index (χ0n) is 5.88. The van der Waals surface area contributed by atoms with E-state index in [4.69, 9.17) is 11.6 Å². The van der Waals surface area contributed by atoms with Crippen molar-refractivity contribution >= 4 is 24.0 Å². The van der Waals surface area contributed by atoms with Gasteiger partial charge in [-0.3, -0.25) is 4.79 Å². The minimum Gasteiger partial charge on any atom is -0.298 e. The second-order valence-electron chi connectivity index (χ2n) is 2.10. The number of benzene rings is 1. The van der Waals surface area contributed by atoms with Crippen LogP contribution in [0.3, 0.4) is 0 Å². The van der Waals surface area contributed by atoms with Gasteiger partial charge < -0.3 is 0 Å². The third-order valence-corrected chi connectivity index (χ3v) is 1.63. The molecule has 0 atom stereocenters. The summed E-state index contributed by atoms with van der Waals surface area (Å²) >= 11 is 5.66. The maximum absolute atomic E-state index is 10.4. The lowest BCUT2D eigenvalue weighted by molar-refractivity contribution is 0.112. The van der Waals surface area contributed by atoms with E-state index in [0.717, 1.165) is 11.8 Å². The third kappa shape index (κ3) is 1.69. The molecule has 0 saturated carbocycles. The van der Waals surface area contributed by atoms with E-state index in [0.29, 0.717) is 10.6 Å². The number of rotatable bonds is 2. The minimum atomic E-state index is 0.567. The molecule has 0 N–H and O–H groups in total. The van der Waals surface area contributed by atoms with E-state index in [-0.39, 0.29) is 0 Å². The molecule has 1 aromatic carbocycles. The lowest BCUT2D eigenvalue weighted by Crippen LogP contribution is -1.84. The van der Waals surface area contributed by atoms with Gasteiger partial charge in [0.25, 0.3) is 0 Å². The normalized spacial score (nSPS) is 9.18. The fourth-order valence-corrected chi connectivity index (χ4v) is 1.01. The molecule has 1 rings (SSSR count). The Labute approximate surface area is 70.3 Å². The van der Waals surface area contributed by atoms with Crippen molar-refractivity contribution in [2.45, 2.75) is 0 Å². The standard InChI is InChI=1S/C9H7ClO/c1-2-7-3-4-9(10)5-8(7)6-11/h2-6H,1H2. The van der Waals surface area contributed by atoms with Crippen LogP contribution in [-0.4, -0.2) is 6.29 Å². The Hall–Kier alpha value is -1.08. The summed E-state index contributed by atoms with van der Waals surface area (Å²) in [5.74, 6) is 0. The maximum atomic E-state index is 10.4. The van der Waals surface area contributed by atoms with Crippen molar-refractivity contribution in [3.05, 3.63) is 40.9 Å². The van der Waals surface area contributed by atoms with Crippen molar-refractivity contribution in [2.24, 2.45) is 0 Å². The molecule has 11 heavy (non-hydrogen) atoms. The summed E-state index contributed by atoms with van der Waals surface area (Å²) < 4.78 is 0. The lowest BCUT2D eigenvalue weighted by atomic mass is 10.1. The number of carbonyl (C=O) groups is 1. The van der Waals surface area contributed by atoms with Crippen LogP contribution in [0.25, 0.3) is 6.08 Å². The van der Waals surface area contributed by atoms with Gasteiger partial charge in [0, 0.05) is 10.6 Å². The van der Waals surface area contributed by atoms with Crippen molar-refractivity contribution in [3.63, 3.8) is 0 Å². The van der Waals surface area contributed by atoms with Gasteiger partial charge in [-0.2, -0.15) is 0 Å². The highest BCUT2D eigenvalue weighted by atomic mass is 35.5. The first-order valence-electron chi connectivity index (χ1n) is 3.15. The smallest absolute Gasteiger partial charge is 0.150 e. The Morgan fingerprint density at radius 1 is 1.36 bits per heavy atom. The summed E-state index contributed by atoms with van der Waals surface area (Å²) in [6, 6.07) is 5.11. The quantitative estimate of drug-likeness (QED) is 0.618. The number of hydrogen-bond donors (Lipinski definition) is 0. The predicted molar refractivity (Wildman–Crippen MR) is 46.9 cm³/mol. The van der Waals surface area contributed by atoms with E-state index in [1.807, 2.05) is 0 Å². The number of hydrogen-bond acceptors (Lipinski definition) is 1. The number of carbonyl (C=O) groups excluding carboxylic acids is 1. The van der Waals surface area contributed by atoms with Crippen LogP contribution in [0.2, 0.25) is 5.02 Å². The van der Waals surface area contributed by atoms with Gasteiger partial charge >= 0.3 is 0 Å². The molecule has 0 aromatic heterocycles. The van der Waals surface area contributed by atoms with Crippen molar-refractivity contribution < 1.29 is 4.79 Å². The fraction of sp³-hybridized carbons (Fsp3) is 0. The molecule has 0 radical (unpaired) electrons. The molecule has 0 heterocycles. The molecule has 0 spiro atoms. The van der Waals surface area contributed by atoms with Crippen LogP contribution in [0.15, 0.2) is 24.8 Å². The van der Waals surface area contributed by atoms with Gasteiger partial charge in [0.05, 0.1) is 0 Å². The first-order valence-corrected chi connectivity index (χ1v) is 3.53. The molecule has 0 aliphatic heterocycles. The topological polar surface area (TPSA) is 17.1 Å². The van der Waals surface area contributed by atoms with Gasteiger partial charge in [-0.05, 0) is 17.7 Å². The molecule has 1 nitrogen and oxygen atoms in total. The van der Waals surface area contributed by atoms with Gasteiger partial charge in [-0.1, -0.05) is 30.3 Å².